The number of hydrogen-bond donors (Lipinski definition) is 3. The molecule has 3 N–H and O–H groups in total. The maximum absolute atomic E-state index is 9.61. The molecule has 1 aliphatic rings. The standard InChI is InChI=1S/C12H20N2O2S.C9H12O/c1-5-12(8(2)13-4)17-9(3)14-10-6-16-7-11(10)15;1-6-4-7(2)8(3)9(10)5-6/h5,10-11,14-15H,3,6-7H2,1-2,4H3;4-5,10H,1-3H3/b12-5+,13-8?;. The van der Waals surface area contributed by atoms with E-state index in [2.05, 4.69) is 23.0 Å². The molecule has 0 amide bonds. The number of aliphatic imine (C=N–C) groups is 1. The summed E-state index contributed by atoms with van der Waals surface area (Å²) in [5, 5.41) is 22.9. The minimum Gasteiger partial charge on any atom is -0.508 e. The average molecular weight is 393 g/mol. The highest BCUT2D eigenvalue weighted by Crippen LogP contribution is 2.24. The van der Waals surface area contributed by atoms with Gasteiger partial charge in [-0.05, 0) is 57.4 Å². The number of aromatic hydroxyl groups is 1. The van der Waals surface area contributed by atoms with Crippen molar-refractivity contribution in [2.45, 2.75) is 46.8 Å². The number of thioether (sulfide) groups is 1. The number of allylic oxidation sites excluding steroid dienone is 2. The molecule has 2 atom stereocenters. The average Bonchev–Trinajstić information content (AvgIpc) is 3.02. The van der Waals surface area contributed by atoms with Gasteiger partial charge in [0.05, 0.1) is 30.4 Å². The van der Waals surface area contributed by atoms with E-state index in [9.17, 15) is 10.2 Å². The van der Waals surface area contributed by atoms with Gasteiger partial charge in [-0.15, -0.1) is 0 Å². The van der Waals surface area contributed by atoms with Crippen LogP contribution in [0.3, 0.4) is 0 Å². The lowest BCUT2D eigenvalue weighted by Crippen LogP contribution is -2.37. The Morgan fingerprint density at radius 2 is 2.00 bits per heavy atom. The maximum atomic E-state index is 9.61. The fourth-order valence-corrected chi connectivity index (χ4v) is 3.35. The fraction of sp³-hybridized carbons (Fsp3) is 0.476. The Bertz CT molecular complexity index is 690. The smallest absolute Gasteiger partial charge is 0.119 e. The summed E-state index contributed by atoms with van der Waals surface area (Å²) in [6.45, 7) is 14.7. The predicted octanol–water partition coefficient (Wildman–Crippen LogP) is 3.85. The summed E-state index contributed by atoms with van der Waals surface area (Å²) in [4.78, 5) is 5.21. The molecule has 27 heavy (non-hydrogen) atoms. The molecule has 0 aromatic heterocycles. The minimum atomic E-state index is -0.456. The van der Waals surface area contributed by atoms with Gasteiger partial charge >= 0.3 is 0 Å². The van der Waals surface area contributed by atoms with Crippen LogP contribution in [-0.4, -0.2) is 48.3 Å². The van der Waals surface area contributed by atoms with Crippen molar-refractivity contribution >= 4 is 17.5 Å². The summed E-state index contributed by atoms with van der Waals surface area (Å²) in [7, 11) is 1.77. The van der Waals surface area contributed by atoms with Gasteiger partial charge in [0.1, 0.15) is 5.75 Å². The Labute approximate surface area is 167 Å². The van der Waals surface area contributed by atoms with Gasteiger partial charge in [-0.1, -0.05) is 30.5 Å². The lowest BCUT2D eigenvalue weighted by Gasteiger charge is -2.18. The summed E-state index contributed by atoms with van der Waals surface area (Å²) in [6, 6.07) is 3.78. The second-order valence-electron chi connectivity index (χ2n) is 6.57. The van der Waals surface area contributed by atoms with E-state index in [-0.39, 0.29) is 6.04 Å². The van der Waals surface area contributed by atoms with Crippen LogP contribution >= 0.6 is 11.8 Å². The zero-order valence-electron chi connectivity index (χ0n) is 17.2. The molecular weight excluding hydrogens is 360 g/mol. The molecule has 0 spiro atoms. The first-order valence-electron chi connectivity index (χ1n) is 8.95. The van der Waals surface area contributed by atoms with Crippen LogP contribution in [0.15, 0.2) is 39.7 Å². The van der Waals surface area contributed by atoms with Crippen LogP contribution in [-0.2, 0) is 4.74 Å². The molecule has 0 radical (unpaired) electrons. The van der Waals surface area contributed by atoms with Gasteiger partial charge in [-0.3, -0.25) is 4.99 Å². The number of rotatable bonds is 5. The number of aliphatic hydroxyl groups excluding tert-OH is 1. The van der Waals surface area contributed by atoms with Crippen LogP contribution in [0.2, 0.25) is 0 Å². The Morgan fingerprint density at radius 3 is 2.48 bits per heavy atom. The SMILES string of the molecule is C=C(NC1COCC1O)S/C(=C/C)C(C)=NC.Cc1cc(C)c(C)c(O)c1. The van der Waals surface area contributed by atoms with Crippen molar-refractivity contribution in [1.29, 1.82) is 0 Å². The summed E-state index contributed by atoms with van der Waals surface area (Å²) in [5.41, 5.74) is 4.22. The number of hydrogen-bond acceptors (Lipinski definition) is 6. The number of nitrogens with one attached hydrogen (secondary N) is 1. The highest BCUT2D eigenvalue weighted by atomic mass is 32.2. The molecular formula is C21H32N2O3S. The summed E-state index contributed by atoms with van der Waals surface area (Å²) in [5.74, 6) is 0.400. The van der Waals surface area contributed by atoms with Crippen molar-refractivity contribution in [2.24, 2.45) is 4.99 Å². The van der Waals surface area contributed by atoms with Crippen LogP contribution in [0.5, 0.6) is 5.75 Å². The summed E-state index contributed by atoms with van der Waals surface area (Å²) < 4.78 is 5.17. The topological polar surface area (TPSA) is 74.1 Å². The number of phenols is 1. The Kier molecular flexibility index (Phi) is 9.63. The molecule has 1 aliphatic heterocycles. The molecule has 1 fully saturated rings. The molecule has 6 heteroatoms. The van der Waals surface area contributed by atoms with E-state index in [0.717, 1.165) is 32.3 Å². The van der Waals surface area contributed by atoms with Crippen LogP contribution in [0, 0.1) is 20.8 Å². The Balaban J connectivity index is 0.000000309. The second-order valence-corrected chi connectivity index (χ2v) is 7.71. The van der Waals surface area contributed by atoms with Gasteiger partial charge < -0.3 is 20.3 Å². The molecule has 0 bridgehead atoms. The predicted molar refractivity (Wildman–Crippen MR) is 116 cm³/mol. The lowest BCUT2D eigenvalue weighted by molar-refractivity contribution is 0.123. The van der Waals surface area contributed by atoms with E-state index in [1.807, 2.05) is 40.7 Å². The number of nitrogens with zero attached hydrogens (tertiary/aromatic N) is 1. The number of ether oxygens (including phenoxy) is 1. The molecule has 2 unspecified atom stereocenters. The van der Waals surface area contributed by atoms with Gasteiger partial charge in [-0.2, -0.15) is 0 Å². The monoisotopic (exact) mass is 392 g/mol. The van der Waals surface area contributed by atoms with Crippen molar-refractivity contribution in [2.75, 3.05) is 20.3 Å². The van der Waals surface area contributed by atoms with Gasteiger partial charge in [-0.25, -0.2) is 0 Å². The zero-order chi connectivity index (χ0) is 20.6. The highest BCUT2D eigenvalue weighted by Gasteiger charge is 2.26. The van der Waals surface area contributed by atoms with E-state index >= 15 is 0 Å². The first-order chi connectivity index (χ1) is 12.7. The van der Waals surface area contributed by atoms with Crippen molar-refractivity contribution in [3.8, 4) is 5.75 Å². The van der Waals surface area contributed by atoms with E-state index in [0.29, 0.717) is 19.0 Å². The quantitative estimate of drug-likeness (QED) is 0.664. The fourth-order valence-electron chi connectivity index (χ4n) is 2.52. The van der Waals surface area contributed by atoms with Crippen LogP contribution in [0.1, 0.15) is 30.5 Å². The summed E-state index contributed by atoms with van der Waals surface area (Å²) >= 11 is 1.52. The molecule has 1 aromatic rings. The second kappa shape index (κ2) is 11.2. The van der Waals surface area contributed by atoms with Crippen LogP contribution in [0.25, 0.3) is 0 Å². The van der Waals surface area contributed by atoms with E-state index in [1.54, 1.807) is 13.1 Å². The molecule has 0 saturated carbocycles. The van der Waals surface area contributed by atoms with Gasteiger partial charge in [0.25, 0.3) is 0 Å². The largest absolute Gasteiger partial charge is 0.508 e. The van der Waals surface area contributed by atoms with E-state index in [1.165, 1.54) is 11.8 Å². The van der Waals surface area contributed by atoms with Gasteiger partial charge in [0.2, 0.25) is 0 Å². The number of aliphatic hydroxyl groups is 1. The number of aryl methyl sites for hydroxylation is 2. The molecule has 1 heterocycles. The third-order valence-corrected chi connectivity index (χ3v) is 5.48. The zero-order valence-corrected chi connectivity index (χ0v) is 18.0. The first kappa shape index (κ1) is 23.3. The van der Waals surface area contributed by atoms with Crippen LogP contribution < -0.4 is 5.32 Å². The summed E-state index contributed by atoms with van der Waals surface area (Å²) in [6.07, 6.45) is 1.55. The number of benzene rings is 1. The van der Waals surface area contributed by atoms with Gasteiger partial charge in [0, 0.05) is 17.7 Å². The van der Waals surface area contributed by atoms with E-state index in [4.69, 9.17) is 4.74 Å². The molecule has 5 nitrogen and oxygen atoms in total. The van der Waals surface area contributed by atoms with Crippen molar-refractivity contribution in [1.82, 2.24) is 5.32 Å². The third-order valence-electron chi connectivity index (χ3n) is 4.37. The normalized spacial score (nSPS) is 20.1. The van der Waals surface area contributed by atoms with Crippen molar-refractivity contribution < 1.29 is 14.9 Å². The lowest BCUT2D eigenvalue weighted by atomic mass is 10.1. The number of phenolic OH excluding ortho intramolecular Hbond substituents is 1. The minimum absolute atomic E-state index is 0.0630. The molecule has 1 aromatic carbocycles. The van der Waals surface area contributed by atoms with Crippen LogP contribution in [0.4, 0.5) is 0 Å². The highest BCUT2D eigenvalue weighted by molar-refractivity contribution is 8.07. The molecule has 2 rings (SSSR count). The first-order valence-corrected chi connectivity index (χ1v) is 9.77. The van der Waals surface area contributed by atoms with Crippen molar-refractivity contribution in [3.63, 3.8) is 0 Å². The Morgan fingerprint density at radius 1 is 1.33 bits per heavy atom. The molecule has 1 saturated heterocycles. The van der Waals surface area contributed by atoms with Gasteiger partial charge in [0.15, 0.2) is 0 Å². The van der Waals surface area contributed by atoms with E-state index < -0.39 is 6.10 Å². The third kappa shape index (κ3) is 7.40. The van der Waals surface area contributed by atoms with Crippen molar-refractivity contribution in [3.05, 3.63) is 51.4 Å². The molecule has 150 valence electrons. The molecule has 0 aliphatic carbocycles. The maximum Gasteiger partial charge on any atom is 0.119 e. The Hall–Kier alpha value is -1.76.